The van der Waals surface area contributed by atoms with E-state index in [1.54, 1.807) is 0 Å². The lowest BCUT2D eigenvalue weighted by molar-refractivity contribution is 0.324. The second kappa shape index (κ2) is 8.76. The number of hydrogen-bond donors (Lipinski definition) is 2. The first-order valence-electron chi connectivity index (χ1n) is 8.63. The predicted molar refractivity (Wildman–Crippen MR) is 93.2 cm³/mol. The van der Waals surface area contributed by atoms with Gasteiger partial charge in [0.2, 0.25) is 0 Å². The monoisotopic (exact) mass is 302 g/mol. The molecule has 1 aromatic heterocycles. The fraction of sp³-hybridized carbons (Fsp3) is 0.667. The molecule has 1 heterocycles. The Morgan fingerprint density at radius 3 is 3.00 bits per heavy atom. The Labute approximate surface area is 134 Å². The molecule has 2 atom stereocenters. The molecular weight excluding hydrogens is 272 g/mol. The Hall–Kier alpha value is -1.58. The van der Waals surface area contributed by atoms with E-state index in [1.807, 2.05) is 12.4 Å². The predicted octanol–water partition coefficient (Wildman–Crippen LogP) is 3.07. The zero-order valence-electron chi connectivity index (χ0n) is 14.2. The van der Waals surface area contributed by atoms with E-state index >= 15 is 0 Å². The van der Waals surface area contributed by atoms with Crippen LogP contribution >= 0.6 is 0 Å². The van der Waals surface area contributed by atoms with E-state index in [1.165, 1.54) is 36.8 Å². The van der Waals surface area contributed by atoms with Gasteiger partial charge in [0.15, 0.2) is 5.96 Å². The van der Waals surface area contributed by atoms with Gasteiger partial charge in [-0.2, -0.15) is 0 Å². The Kier molecular flexibility index (Phi) is 6.69. The molecule has 0 bridgehead atoms. The molecule has 0 saturated heterocycles. The summed E-state index contributed by atoms with van der Waals surface area (Å²) < 4.78 is 0. The van der Waals surface area contributed by atoms with Gasteiger partial charge >= 0.3 is 0 Å². The Morgan fingerprint density at radius 2 is 2.27 bits per heavy atom. The van der Waals surface area contributed by atoms with Gasteiger partial charge in [-0.05, 0) is 56.2 Å². The molecule has 1 aromatic rings. The summed E-state index contributed by atoms with van der Waals surface area (Å²) in [5, 5.41) is 6.99. The molecule has 0 amide bonds. The standard InChI is InChI=1S/C18H30N4/c1-4-20-18(22-17-7-5-6-14(2)12-17)21-11-9-16-8-10-19-13-15(16)3/h8,10,13-14,17H,4-7,9,11-12H2,1-3H3,(H2,20,21,22). The Bertz CT molecular complexity index is 484. The number of pyridine rings is 1. The van der Waals surface area contributed by atoms with Crippen LogP contribution in [0.3, 0.4) is 0 Å². The molecule has 1 aliphatic rings. The number of nitrogens with zero attached hydrogens (tertiary/aromatic N) is 2. The van der Waals surface area contributed by atoms with Crippen molar-refractivity contribution in [1.29, 1.82) is 0 Å². The molecule has 4 nitrogen and oxygen atoms in total. The van der Waals surface area contributed by atoms with E-state index in [0.717, 1.165) is 31.4 Å². The van der Waals surface area contributed by atoms with Gasteiger partial charge in [0.25, 0.3) is 0 Å². The van der Waals surface area contributed by atoms with Crippen LogP contribution in [-0.2, 0) is 6.42 Å². The summed E-state index contributed by atoms with van der Waals surface area (Å²) in [6.45, 7) is 8.29. The van der Waals surface area contributed by atoms with Crippen molar-refractivity contribution in [2.45, 2.75) is 58.9 Å². The van der Waals surface area contributed by atoms with Gasteiger partial charge in [0.1, 0.15) is 0 Å². The van der Waals surface area contributed by atoms with E-state index in [0.29, 0.717) is 6.04 Å². The largest absolute Gasteiger partial charge is 0.357 e. The van der Waals surface area contributed by atoms with Crippen LogP contribution in [0.4, 0.5) is 0 Å². The van der Waals surface area contributed by atoms with Crippen molar-refractivity contribution in [3.05, 3.63) is 29.6 Å². The maximum absolute atomic E-state index is 4.74. The number of aliphatic imine (C=N–C) groups is 1. The first kappa shape index (κ1) is 16.8. The van der Waals surface area contributed by atoms with Gasteiger partial charge in [0.05, 0.1) is 0 Å². The lowest BCUT2D eigenvalue weighted by Crippen LogP contribution is -2.45. The third kappa shape index (κ3) is 5.32. The summed E-state index contributed by atoms with van der Waals surface area (Å²) in [6.07, 6.45) is 9.96. The molecule has 1 saturated carbocycles. The number of aromatic nitrogens is 1. The van der Waals surface area contributed by atoms with Crippen LogP contribution in [0.2, 0.25) is 0 Å². The molecule has 2 N–H and O–H groups in total. The van der Waals surface area contributed by atoms with Crippen molar-refractivity contribution in [1.82, 2.24) is 15.6 Å². The van der Waals surface area contributed by atoms with E-state index in [2.05, 4.69) is 42.5 Å². The van der Waals surface area contributed by atoms with Crippen molar-refractivity contribution in [2.24, 2.45) is 10.9 Å². The van der Waals surface area contributed by atoms with Gasteiger partial charge in [-0.3, -0.25) is 9.98 Å². The molecule has 1 aliphatic carbocycles. The third-order valence-electron chi connectivity index (χ3n) is 4.41. The maximum Gasteiger partial charge on any atom is 0.191 e. The highest BCUT2D eigenvalue weighted by Gasteiger charge is 2.19. The number of aryl methyl sites for hydroxylation is 1. The van der Waals surface area contributed by atoms with Crippen molar-refractivity contribution in [2.75, 3.05) is 13.1 Å². The average Bonchev–Trinajstić information content (AvgIpc) is 2.49. The van der Waals surface area contributed by atoms with Crippen LogP contribution in [0.5, 0.6) is 0 Å². The van der Waals surface area contributed by atoms with E-state index in [9.17, 15) is 0 Å². The van der Waals surface area contributed by atoms with E-state index in [-0.39, 0.29) is 0 Å². The molecule has 22 heavy (non-hydrogen) atoms. The zero-order valence-corrected chi connectivity index (χ0v) is 14.2. The maximum atomic E-state index is 4.74. The SMILES string of the molecule is CCNC(=NCCc1ccncc1C)NC1CCCC(C)C1. The molecule has 4 heteroatoms. The van der Waals surface area contributed by atoms with E-state index < -0.39 is 0 Å². The summed E-state index contributed by atoms with van der Waals surface area (Å²) in [5.41, 5.74) is 2.58. The van der Waals surface area contributed by atoms with Gasteiger partial charge in [0, 0.05) is 31.5 Å². The van der Waals surface area contributed by atoms with Crippen LogP contribution in [0.15, 0.2) is 23.5 Å². The summed E-state index contributed by atoms with van der Waals surface area (Å²) in [5.74, 6) is 1.79. The second-order valence-electron chi connectivity index (χ2n) is 6.43. The number of rotatable bonds is 5. The molecule has 0 aliphatic heterocycles. The molecule has 0 radical (unpaired) electrons. The molecule has 0 spiro atoms. The quantitative estimate of drug-likeness (QED) is 0.649. The second-order valence-corrected chi connectivity index (χ2v) is 6.43. The van der Waals surface area contributed by atoms with E-state index in [4.69, 9.17) is 4.99 Å². The summed E-state index contributed by atoms with van der Waals surface area (Å²) in [4.78, 5) is 8.88. The topological polar surface area (TPSA) is 49.3 Å². The molecule has 122 valence electrons. The van der Waals surface area contributed by atoms with Crippen molar-refractivity contribution in [3.63, 3.8) is 0 Å². The van der Waals surface area contributed by atoms with Crippen molar-refractivity contribution < 1.29 is 0 Å². The van der Waals surface area contributed by atoms with Crippen LogP contribution in [-0.4, -0.2) is 30.1 Å². The Balaban J connectivity index is 1.88. The number of hydrogen-bond acceptors (Lipinski definition) is 2. The number of guanidine groups is 1. The van der Waals surface area contributed by atoms with Crippen LogP contribution < -0.4 is 10.6 Å². The zero-order chi connectivity index (χ0) is 15.8. The van der Waals surface area contributed by atoms with Gasteiger partial charge < -0.3 is 10.6 Å². The highest BCUT2D eigenvalue weighted by atomic mass is 15.2. The van der Waals surface area contributed by atoms with Crippen LogP contribution in [0, 0.1) is 12.8 Å². The van der Waals surface area contributed by atoms with Crippen LogP contribution in [0.1, 0.15) is 50.7 Å². The normalized spacial score (nSPS) is 22.4. The highest BCUT2D eigenvalue weighted by Crippen LogP contribution is 2.23. The van der Waals surface area contributed by atoms with Crippen molar-refractivity contribution >= 4 is 5.96 Å². The highest BCUT2D eigenvalue weighted by molar-refractivity contribution is 5.80. The third-order valence-corrected chi connectivity index (χ3v) is 4.41. The first-order valence-corrected chi connectivity index (χ1v) is 8.63. The lowest BCUT2D eigenvalue weighted by Gasteiger charge is -2.28. The molecular formula is C18H30N4. The number of nitrogens with one attached hydrogen (secondary N) is 2. The minimum absolute atomic E-state index is 0.573. The van der Waals surface area contributed by atoms with Gasteiger partial charge in [-0.15, -0.1) is 0 Å². The summed E-state index contributed by atoms with van der Waals surface area (Å²) in [6, 6.07) is 2.66. The smallest absolute Gasteiger partial charge is 0.191 e. The first-order chi connectivity index (χ1) is 10.7. The Morgan fingerprint density at radius 1 is 1.41 bits per heavy atom. The van der Waals surface area contributed by atoms with Crippen LogP contribution in [0.25, 0.3) is 0 Å². The lowest BCUT2D eigenvalue weighted by atomic mass is 9.87. The molecule has 1 fully saturated rings. The van der Waals surface area contributed by atoms with Crippen molar-refractivity contribution in [3.8, 4) is 0 Å². The summed E-state index contributed by atoms with van der Waals surface area (Å²) in [7, 11) is 0. The molecule has 0 aromatic carbocycles. The molecule has 2 unspecified atom stereocenters. The summed E-state index contributed by atoms with van der Waals surface area (Å²) >= 11 is 0. The molecule has 2 rings (SSSR count). The average molecular weight is 302 g/mol. The fourth-order valence-corrected chi connectivity index (χ4v) is 3.15. The fourth-order valence-electron chi connectivity index (χ4n) is 3.15. The minimum Gasteiger partial charge on any atom is -0.357 e. The minimum atomic E-state index is 0.573. The van der Waals surface area contributed by atoms with Gasteiger partial charge in [-0.25, -0.2) is 0 Å². The van der Waals surface area contributed by atoms with Gasteiger partial charge in [-0.1, -0.05) is 19.8 Å².